The zero-order valence-corrected chi connectivity index (χ0v) is 7.21. The van der Waals surface area contributed by atoms with Gasteiger partial charge in [-0.25, -0.2) is 0 Å². The maximum absolute atomic E-state index is 5.04. The first-order chi connectivity index (χ1) is 6.40. The lowest BCUT2D eigenvalue weighted by atomic mass is 10.3. The van der Waals surface area contributed by atoms with E-state index in [-0.39, 0.29) is 0 Å². The Morgan fingerprint density at radius 3 is 2.62 bits per heavy atom. The molecule has 65 valence electrons. The van der Waals surface area contributed by atoms with Gasteiger partial charge in [-0.1, -0.05) is 5.01 Å². The van der Waals surface area contributed by atoms with Gasteiger partial charge in [0.05, 0.1) is 12.2 Å². The molecule has 0 unspecified atom stereocenters. The minimum absolute atomic E-state index is 0.837. The molecule has 0 fully saturated rings. The molecular formula is C9H9N3O+. The highest BCUT2D eigenvalue weighted by molar-refractivity contribution is 5.50. The molecule has 0 saturated heterocycles. The van der Waals surface area contributed by atoms with Crippen molar-refractivity contribution in [2.45, 2.75) is 0 Å². The first-order valence-electron chi connectivity index (χ1n) is 3.91. The molecule has 4 nitrogen and oxygen atoms in total. The Labute approximate surface area is 76.1 Å². The lowest BCUT2D eigenvalue weighted by Crippen LogP contribution is -2.03. The zero-order chi connectivity index (χ0) is 9.10. The minimum Gasteiger partial charge on any atom is -0.497 e. The highest BCUT2D eigenvalue weighted by Crippen LogP contribution is 2.20. The Morgan fingerprint density at radius 2 is 2.08 bits per heavy atom. The molecule has 0 aliphatic carbocycles. The molecule has 0 atom stereocenters. The summed E-state index contributed by atoms with van der Waals surface area (Å²) in [5.41, 5.74) is 0.971. The number of anilines is 1. The van der Waals surface area contributed by atoms with Crippen LogP contribution in [0, 0.1) is 0 Å². The Bertz CT molecular complexity index is 330. The third-order valence-electron chi connectivity index (χ3n) is 1.76. The molecule has 1 radical (unpaired) electrons. The molecule has 0 aromatic heterocycles. The maximum atomic E-state index is 5.04. The van der Waals surface area contributed by atoms with Crippen LogP contribution >= 0.6 is 0 Å². The number of rotatable bonds is 2. The van der Waals surface area contributed by atoms with Crippen molar-refractivity contribution in [3.05, 3.63) is 36.7 Å². The van der Waals surface area contributed by atoms with E-state index in [1.54, 1.807) is 24.5 Å². The molecule has 1 heterocycles. The van der Waals surface area contributed by atoms with Gasteiger partial charge < -0.3 is 4.74 Å². The number of ether oxygens (including phenoxy) is 1. The van der Waals surface area contributed by atoms with E-state index < -0.39 is 0 Å². The van der Waals surface area contributed by atoms with Crippen LogP contribution in [-0.2, 0) is 0 Å². The lowest BCUT2D eigenvalue weighted by molar-refractivity contribution is 0.415. The summed E-state index contributed by atoms with van der Waals surface area (Å²) in [4.78, 5) is 0. The van der Waals surface area contributed by atoms with E-state index in [2.05, 4.69) is 10.3 Å². The van der Waals surface area contributed by atoms with E-state index in [1.807, 2.05) is 24.3 Å². The Kier molecular flexibility index (Phi) is 1.96. The predicted octanol–water partition coefficient (Wildman–Crippen LogP) is 1.69. The molecular weight excluding hydrogens is 166 g/mol. The largest absolute Gasteiger partial charge is 0.497 e. The van der Waals surface area contributed by atoms with Gasteiger partial charge in [0.2, 0.25) is 6.20 Å². The summed E-state index contributed by atoms with van der Waals surface area (Å²) in [6, 6.07) is 7.62. The molecule has 4 heteroatoms. The lowest BCUT2D eigenvalue weighted by Gasteiger charge is -2.01. The van der Waals surface area contributed by atoms with Crippen molar-refractivity contribution in [3.8, 4) is 5.75 Å². The normalized spacial score (nSPS) is 13.8. The van der Waals surface area contributed by atoms with Crippen molar-refractivity contribution in [1.29, 1.82) is 0 Å². The molecule has 1 aromatic rings. The highest BCUT2D eigenvalue weighted by atomic mass is 16.5. The van der Waals surface area contributed by atoms with Gasteiger partial charge in [0, 0.05) is 0 Å². The summed E-state index contributed by atoms with van der Waals surface area (Å²) >= 11 is 0. The van der Waals surface area contributed by atoms with Crippen LogP contribution in [-0.4, -0.2) is 7.11 Å². The smallest absolute Gasteiger partial charge is 0.209 e. The van der Waals surface area contributed by atoms with Gasteiger partial charge >= 0.3 is 0 Å². The minimum atomic E-state index is 0.837. The van der Waals surface area contributed by atoms with Gasteiger partial charge in [0.1, 0.15) is 11.0 Å². The Morgan fingerprint density at radius 1 is 1.31 bits per heavy atom. The van der Waals surface area contributed by atoms with Crippen LogP contribution in [0.15, 0.2) is 41.9 Å². The summed E-state index contributed by atoms with van der Waals surface area (Å²) in [7, 11) is 1.64. The van der Waals surface area contributed by atoms with Crippen LogP contribution in [0.5, 0.6) is 5.75 Å². The number of methoxy groups -OCH3 is 1. The van der Waals surface area contributed by atoms with E-state index in [0.717, 1.165) is 11.4 Å². The average Bonchev–Trinajstić information content (AvgIpc) is 2.71. The molecule has 0 saturated carbocycles. The average molecular weight is 175 g/mol. The van der Waals surface area contributed by atoms with Crippen molar-refractivity contribution in [3.63, 3.8) is 0 Å². The number of hydrogen-bond acceptors (Lipinski definition) is 4. The fourth-order valence-corrected chi connectivity index (χ4v) is 1.08. The molecule has 0 spiro atoms. The van der Waals surface area contributed by atoms with Crippen LogP contribution in [0.3, 0.4) is 0 Å². The quantitative estimate of drug-likeness (QED) is 0.686. The highest BCUT2D eigenvalue weighted by Gasteiger charge is 2.14. The third kappa shape index (κ3) is 1.51. The van der Waals surface area contributed by atoms with Crippen molar-refractivity contribution >= 4 is 5.69 Å². The van der Waals surface area contributed by atoms with Gasteiger partial charge in [-0.15, -0.1) is 0 Å². The Hall–Kier alpha value is -1.84. The number of nitrogens with zero attached hydrogens (tertiary/aromatic N) is 3. The molecule has 1 aromatic carbocycles. The van der Waals surface area contributed by atoms with E-state index >= 15 is 0 Å². The zero-order valence-electron chi connectivity index (χ0n) is 7.21. The maximum Gasteiger partial charge on any atom is 0.209 e. The number of benzene rings is 1. The number of hydrogen-bond donors (Lipinski definition) is 0. The van der Waals surface area contributed by atoms with Gasteiger partial charge in [-0.2, -0.15) is 0 Å². The predicted molar refractivity (Wildman–Crippen MR) is 49.2 cm³/mol. The second-order valence-corrected chi connectivity index (χ2v) is 2.55. The summed E-state index contributed by atoms with van der Waals surface area (Å²) in [6.45, 7) is 0. The second kappa shape index (κ2) is 3.26. The summed E-state index contributed by atoms with van der Waals surface area (Å²) < 4.78 is 5.04. The van der Waals surface area contributed by atoms with Crippen LogP contribution in [0.4, 0.5) is 5.69 Å². The third-order valence-corrected chi connectivity index (χ3v) is 1.76. The van der Waals surface area contributed by atoms with E-state index in [9.17, 15) is 0 Å². The molecule has 1 aliphatic heterocycles. The fourth-order valence-electron chi connectivity index (χ4n) is 1.08. The first-order valence-corrected chi connectivity index (χ1v) is 3.91. The standard InChI is InChI=1S/C9H9N3O/c1-13-9-4-2-8(3-5-9)12-7-6-10-11-12/h2-7H,1H3/q+1. The molecule has 0 N–H and O–H groups in total. The van der Waals surface area contributed by atoms with E-state index in [4.69, 9.17) is 4.74 Å². The topological polar surface area (TPSA) is 38.9 Å². The van der Waals surface area contributed by atoms with Crippen LogP contribution in [0.25, 0.3) is 0 Å². The van der Waals surface area contributed by atoms with Gasteiger partial charge in [-0.3, -0.25) is 0 Å². The van der Waals surface area contributed by atoms with Crippen molar-refractivity contribution in [1.82, 2.24) is 5.11 Å². The van der Waals surface area contributed by atoms with Gasteiger partial charge in [-0.05, 0) is 24.3 Å². The summed E-state index contributed by atoms with van der Waals surface area (Å²) in [6.07, 6.45) is 3.44. The van der Waals surface area contributed by atoms with Crippen molar-refractivity contribution in [2.24, 2.45) is 5.22 Å². The van der Waals surface area contributed by atoms with Gasteiger partial charge in [0.15, 0.2) is 11.9 Å². The van der Waals surface area contributed by atoms with Crippen LogP contribution in [0.1, 0.15) is 0 Å². The SMILES string of the molecule is COc1ccc(N2C=C[N+]=N2)cc1. The summed E-state index contributed by atoms with van der Waals surface area (Å²) in [5, 5.41) is 9.28. The van der Waals surface area contributed by atoms with E-state index in [0.29, 0.717) is 0 Å². The molecule has 13 heavy (non-hydrogen) atoms. The summed E-state index contributed by atoms with van der Waals surface area (Å²) in [5.74, 6) is 0.837. The monoisotopic (exact) mass is 175 g/mol. The Balaban J connectivity index is 2.22. The van der Waals surface area contributed by atoms with Crippen molar-refractivity contribution in [2.75, 3.05) is 12.1 Å². The molecule has 0 bridgehead atoms. The van der Waals surface area contributed by atoms with E-state index in [1.165, 1.54) is 0 Å². The first kappa shape index (κ1) is 7.79. The second-order valence-electron chi connectivity index (χ2n) is 2.55. The fraction of sp³-hybridized carbons (Fsp3) is 0.111. The molecule has 1 aliphatic rings. The van der Waals surface area contributed by atoms with Crippen LogP contribution in [0.2, 0.25) is 0 Å². The van der Waals surface area contributed by atoms with Gasteiger partial charge in [0.25, 0.3) is 0 Å². The van der Waals surface area contributed by atoms with Crippen molar-refractivity contribution < 1.29 is 4.74 Å². The molecule has 0 amide bonds. The molecule has 2 rings (SSSR count). The van der Waals surface area contributed by atoms with Crippen LogP contribution < -0.4 is 14.9 Å².